The van der Waals surface area contributed by atoms with E-state index in [9.17, 15) is 18.5 Å². The zero-order valence-corrected chi connectivity index (χ0v) is 13.1. The van der Waals surface area contributed by atoms with Crippen molar-refractivity contribution in [3.63, 3.8) is 0 Å². The average Bonchev–Trinajstić information content (AvgIpc) is 3.00. The van der Waals surface area contributed by atoms with Gasteiger partial charge in [0.2, 0.25) is 10.0 Å². The highest BCUT2D eigenvalue weighted by Crippen LogP contribution is 2.27. The number of hydrogen-bond acceptors (Lipinski definition) is 6. The van der Waals surface area contributed by atoms with Gasteiger partial charge in [0, 0.05) is 12.6 Å². The van der Waals surface area contributed by atoms with Gasteiger partial charge in [0.1, 0.15) is 5.69 Å². The van der Waals surface area contributed by atoms with E-state index in [0.29, 0.717) is 18.2 Å². The lowest BCUT2D eigenvalue weighted by Gasteiger charge is -2.11. The maximum absolute atomic E-state index is 11.7. The molecule has 0 aliphatic carbocycles. The maximum Gasteiger partial charge on any atom is 0.293 e. The largest absolute Gasteiger partial charge is 0.379 e. The number of benzene rings is 1. The van der Waals surface area contributed by atoms with Crippen LogP contribution < -0.4 is 15.4 Å². The van der Waals surface area contributed by atoms with Gasteiger partial charge in [0.15, 0.2) is 0 Å². The van der Waals surface area contributed by atoms with Gasteiger partial charge in [-0.3, -0.25) is 10.1 Å². The number of hydrogen-bond donors (Lipinski definition) is 3. The standard InChI is InChI=1S/C13H20N4O4S/c1-14-22(20,21)11-2-3-12(13(8-11)17(18)19)16-7-5-10-4-6-15-9-10/h2-3,8,10,14-16H,4-7,9H2,1H3. The van der Waals surface area contributed by atoms with Crippen molar-refractivity contribution in [3.05, 3.63) is 28.3 Å². The van der Waals surface area contributed by atoms with Crippen molar-refractivity contribution in [2.24, 2.45) is 5.92 Å². The van der Waals surface area contributed by atoms with Crippen molar-refractivity contribution in [2.45, 2.75) is 17.7 Å². The fraction of sp³-hybridized carbons (Fsp3) is 0.538. The van der Waals surface area contributed by atoms with Crippen LogP contribution in [0.25, 0.3) is 0 Å². The highest BCUT2D eigenvalue weighted by Gasteiger charge is 2.20. The first-order chi connectivity index (χ1) is 10.4. The number of nitrogens with one attached hydrogen (secondary N) is 3. The van der Waals surface area contributed by atoms with Crippen molar-refractivity contribution < 1.29 is 13.3 Å². The predicted octanol–water partition coefficient (Wildman–Crippen LogP) is 0.914. The Labute approximate surface area is 129 Å². The van der Waals surface area contributed by atoms with Crippen molar-refractivity contribution >= 4 is 21.4 Å². The van der Waals surface area contributed by atoms with E-state index in [1.165, 1.54) is 19.2 Å². The molecule has 9 heteroatoms. The molecule has 1 aromatic rings. The van der Waals surface area contributed by atoms with Crippen LogP contribution in [0.15, 0.2) is 23.1 Å². The van der Waals surface area contributed by atoms with Crippen LogP contribution in [-0.4, -0.2) is 40.0 Å². The van der Waals surface area contributed by atoms with Gasteiger partial charge >= 0.3 is 0 Å². The summed E-state index contributed by atoms with van der Waals surface area (Å²) >= 11 is 0. The molecular weight excluding hydrogens is 308 g/mol. The number of nitro groups is 1. The Morgan fingerprint density at radius 1 is 1.45 bits per heavy atom. The van der Waals surface area contributed by atoms with Gasteiger partial charge in [-0.05, 0) is 51.0 Å². The Hall–Kier alpha value is -1.71. The van der Waals surface area contributed by atoms with E-state index in [1.54, 1.807) is 0 Å². The summed E-state index contributed by atoms with van der Waals surface area (Å²) in [7, 11) is -2.43. The molecule has 0 spiro atoms. The van der Waals surface area contributed by atoms with E-state index in [2.05, 4.69) is 15.4 Å². The molecule has 2 rings (SSSR count). The van der Waals surface area contributed by atoms with Gasteiger partial charge in [-0.2, -0.15) is 0 Å². The Morgan fingerprint density at radius 2 is 2.23 bits per heavy atom. The first-order valence-electron chi connectivity index (χ1n) is 7.10. The Kier molecular flexibility index (Phi) is 5.33. The second-order valence-corrected chi connectivity index (χ2v) is 7.10. The molecule has 122 valence electrons. The van der Waals surface area contributed by atoms with Crippen molar-refractivity contribution in [1.82, 2.24) is 10.0 Å². The third-order valence-electron chi connectivity index (χ3n) is 3.78. The molecule has 8 nitrogen and oxygen atoms in total. The summed E-state index contributed by atoms with van der Waals surface area (Å²) < 4.78 is 25.6. The normalized spacial score (nSPS) is 18.3. The van der Waals surface area contributed by atoms with E-state index in [1.807, 2.05) is 0 Å². The first-order valence-corrected chi connectivity index (χ1v) is 8.59. The van der Waals surface area contributed by atoms with Crippen LogP contribution in [0.1, 0.15) is 12.8 Å². The van der Waals surface area contributed by atoms with E-state index >= 15 is 0 Å². The van der Waals surface area contributed by atoms with Crippen molar-refractivity contribution in [1.29, 1.82) is 0 Å². The molecule has 1 fully saturated rings. The zero-order chi connectivity index (χ0) is 16.2. The van der Waals surface area contributed by atoms with Crippen LogP contribution in [0.4, 0.5) is 11.4 Å². The zero-order valence-electron chi connectivity index (χ0n) is 12.3. The lowest BCUT2D eigenvalue weighted by atomic mass is 10.1. The third kappa shape index (κ3) is 3.93. The summed E-state index contributed by atoms with van der Waals surface area (Å²) in [4.78, 5) is 10.5. The molecule has 0 aromatic heterocycles. The highest BCUT2D eigenvalue weighted by molar-refractivity contribution is 7.89. The molecule has 0 radical (unpaired) electrons. The minimum Gasteiger partial charge on any atom is -0.379 e. The second-order valence-electron chi connectivity index (χ2n) is 5.22. The summed E-state index contributed by atoms with van der Waals surface area (Å²) in [6, 6.07) is 3.87. The minimum absolute atomic E-state index is 0.118. The lowest BCUT2D eigenvalue weighted by Crippen LogP contribution is -2.19. The van der Waals surface area contributed by atoms with Crippen LogP contribution in [0.3, 0.4) is 0 Å². The molecule has 0 bridgehead atoms. The smallest absolute Gasteiger partial charge is 0.293 e. The van der Waals surface area contributed by atoms with Gasteiger partial charge in [0.05, 0.1) is 9.82 Å². The SMILES string of the molecule is CNS(=O)(=O)c1ccc(NCCC2CCNC2)c([N+](=O)[O-])c1. The molecule has 0 saturated carbocycles. The number of rotatable bonds is 7. The molecule has 1 aromatic carbocycles. The van der Waals surface area contributed by atoms with Gasteiger partial charge in [-0.25, -0.2) is 13.1 Å². The second kappa shape index (κ2) is 7.03. The van der Waals surface area contributed by atoms with E-state index in [0.717, 1.165) is 32.0 Å². The summed E-state index contributed by atoms with van der Waals surface area (Å²) in [6.45, 7) is 2.61. The van der Waals surface area contributed by atoms with Crippen LogP contribution in [-0.2, 0) is 10.0 Å². The van der Waals surface area contributed by atoms with Crippen LogP contribution >= 0.6 is 0 Å². The quantitative estimate of drug-likeness (QED) is 0.506. The first kappa shape index (κ1) is 16.7. The molecular formula is C13H20N4O4S. The number of nitro benzene ring substituents is 1. The Morgan fingerprint density at radius 3 is 2.82 bits per heavy atom. The van der Waals surface area contributed by atoms with Crippen LogP contribution in [0.2, 0.25) is 0 Å². The molecule has 1 aliphatic rings. The fourth-order valence-electron chi connectivity index (χ4n) is 2.47. The fourth-order valence-corrected chi connectivity index (χ4v) is 3.22. The maximum atomic E-state index is 11.7. The molecule has 1 atom stereocenters. The summed E-state index contributed by atoms with van der Waals surface area (Å²) in [5, 5.41) is 17.5. The van der Waals surface area contributed by atoms with Crippen LogP contribution in [0, 0.1) is 16.0 Å². The number of anilines is 1. The molecule has 3 N–H and O–H groups in total. The van der Waals surface area contributed by atoms with E-state index in [4.69, 9.17) is 0 Å². The van der Waals surface area contributed by atoms with E-state index in [-0.39, 0.29) is 10.6 Å². The topological polar surface area (TPSA) is 113 Å². The van der Waals surface area contributed by atoms with Gasteiger partial charge in [-0.1, -0.05) is 0 Å². The van der Waals surface area contributed by atoms with E-state index < -0.39 is 14.9 Å². The minimum atomic E-state index is -3.70. The highest BCUT2D eigenvalue weighted by atomic mass is 32.2. The summed E-state index contributed by atoms with van der Waals surface area (Å²) in [6.07, 6.45) is 2.03. The van der Waals surface area contributed by atoms with Crippen molar-refractivity contribution in [3.8, 4) is 0 Å². The van der Waals surface area contributed by atoms with Gasteiger partial charge in [0.25, 0.3) is 5.69 Å². The molecule has 22 heavy (non-hydrogen) atoms. The predicted molar refractivity (Wildman–Crippen MR) is 83.4 cm³/mol. The van der Waals surface area contributed by atoms with Gasteiger partial charge < -0.3 is 10.6 Å². The Bertz CT molecular complexity index is 641. The van der Waals surface area contributed by atoms with Crippen molar-refractivity contribution in [2.75, 3.05) is 32.0 Å². The molecule has 1 heterocycles. The number of nitrogens with zero attached hydrogens (tertiary/aromatic N) is 1. The average molecular weight is 328 g/mol. The monoisotopic (exact) mass is 328 g/mol. The third-order valence-corrected chi connectivity index (χ3v) is 5.19. The molecule has 1 aliphatic heterocycles. The summed E-state index contributed by atoms with van der Waals surface area (Å²) in [5.74, 6) is 0.579. The molecule has 0 amide bonds. The molecule has 1 unspecified atom stereocenters. The van der Waals surface area contributed by atoms with Gasteiger partial charge in [-0.15, -0.1) is 0 Å². The Balaban J connectivity index is 2.11. The summed E-state index contributed by atoms with van der Waals surface area (Å²) in [5.41, 5.74) is 0.104. The van der Waals surface area contributed by atoms with Crippen LogP contribution in [0.5, 0.6) is 0 Å². The molecule has 1 saturated heterocycles. The number of sulfonamides is 1. The lowest BCUT2D eigenvalue weighted by molar-refractivity contribution is -0.384.